The standard InChI is InChI=1S/C14H21F3N4O4S/c1-20-9-10(7-11(20)13(22)25-2)26(23,24)19-8-12(14(15,16)17)21-5-3-18-4-6-21/h7,9,12,18-19H,3-6,8H2,1-2H3. The predicted octanol–water partition coefficient (Wildman–Crippen LogP) is -0.0739. The summed E-state index contributed by atoms with van der Waals surface area (Å²) in [6, 6.07) is -0.871. The molecular formula is C14H21F3N4O4S. The molecule has 1 aliphatic rings. The predicted molar refractivity (Wildman–Crippen MR) is 86.2 cm³/mol. The van der Waals surface area contributed by atoms with Gasteiger partial charge in [-0.15, -0.1) is 0 Å². The van der Waals surface area contributed by atoms with Gasteiger partial charge in [-0.05, 0) is 6.07 Å². The minimum atomic E-state index is -4.58. The first-order valence-electron chi connectivity index (χ1n) is 7.82. The zero-order chi connectivity index (χ0) is 19.5. The van der Waals surface area contributed by atoms with E-state index in [-0.39, 0.29) is 23.7 Å². The van der Waals surface area contributed by atoms with Crippen LogP contribution in [-0.4, -0.2) is 75.9 Å². The lowest BCUT2D eigenvalue weighted by atomic mass is 10.2. The van der Waals surface area contributed by atoms with Gasteiger partial charge in [0.1, 0.15) is 16.6 Å². The van der Waals surface area contributed by atoms with Crippen molar-refractivity contribution < 1.29 is 31.1 Å². The number of aromatic nitrogens is 1. The smallest absolute Gasteiger partial charge is 0.405 e. The molecule has 0 radical (unpaired) electrons. The van der Waals surface area contributed by atoms with E-state index in [0.717, 1.165) is 19.4 Å². The minimum absolute atomic E-state index is 0.0256. The first-order chi connectivity index (χ1) is 12.1. The fourth-order valence-corrected chi connectivity index (χ4v) is 3.81. The molecular weight excluding hydrogens is 377 g/mol. The quantitative estimate of drug-likeness (QED) is 0.652. The Morgan fingerprint density at radius 1 is 1.38 bits per heavy atom. The van der Waals surface area contributed by atoms with Gasteiger partial charge in [-0.1, -0.05) is 0 Å². The van der Waals surface area contributed by atoms with Crippen LogP contribution in [0.1, 0.15) is 10.5 Å². The van der Waals surface area contributed by atoms with E-state index >= 15 is 0 Å². The second-order valence-electron chi connectivity index (χ2n) is 5.86. The number of nitrogens with zero attached hydrogens (tertiary/aromatic N) is 2. The number of hydrogen-bond acceptors (Lipinski definition) is 6. The van der Waals surface area contributed by atoms with Crippen molar-refractivity contribution >= 4 is 16.0 Å². The summed E-state index contributed by atoms with van der Waals surface area (Å²) in [6.45, 7) is 0.336. The van der Waals surface area contributed by atoms with E-state index in [9.17, 15) is 26.4 Å². The number of hydrogen-bond donors (Lipinski definition) is 2. The molecule has 2 rings (SSSR count). The Balaban J connectivity index is 2.15. The fraction of sp³-hybridized carbons (Fsp3) is 0.643. The molecule has 0 aliphatic carbocycles. The minimum Gasteiger partial charge on any atom is -0.464 e. The average molecular weight is 398 g/mol. The Morgan fingerprint density at radius 2 is 2.00 bits per heavy atom. The first kappa shape index (κ1) is 20.7. The topological polar surface area (TPSA) is 92.7 Å². The molecule has 1 aromatic rings. The van der Waals surface area contributed by atoms with Crippen LogP contribution in [0.3, 0.4) is 0 Å². The molecule has 1 atom stereocenters. The highest BCUT2D eigenvalue weighted by atomic mass is 32.2. The van der Waals surface area contributed by atoms with Crippen LogP contribution in [0, 0.1) is 0 Å². The van der Waals surface area contributed by atoms with Crippen LogP contribution in [-0.2, 0) is 21.8 Å². The van der Waals surface area contributed by atoms with Gasteiger partial charge < -0.3 is 14.6 Å². The molecule has 2 N–H and O–H groups in total. The lowest BCUT2D eigenvalue weighted by molar-refractivity contribution is -0.182. The summed E-state index contributed by atoms with van der Waals surface area (Å²) in [6.07, 6.45) is -3.43. The van der Waals surface area contributed by atoms with Gasteiger partial charge >= 0.3 is 12.1 Å². The van der Waals surface area contributed by atoms with E-state index in [1.807, 2.05) is 4.72 Å². The van der Waals surface area contributed by atoms with Crippen LogP contribution in [0.5, 0.6) is 0 Å². The van der Waals surface area contributed by atoms with Crippen molar-refractivity contribution in [3.8, 4) is 0 Å². The number of alkyl halides is 3. The third kappa shape index (κ3) is 4.75. The summed E-state index contributed by atoms with van der Waals surface area (Å²) in [5, 5.41) is 2.95. The van der Waals surface area contributed by atoms with Gasteiger partial charge in [0.05, 0.1) is 7.11 Å². The number of methoxy groups -OCH3 is 1. The van der Waals surface area contributed by atoms with Gasteiger partial charge in [0.25, 0.3) is 0 Å². The second-order valence-corrected chi connectivity index (χ2v) is 7.63. The lowest BCUT2D eigenvalue weighted by Crippen LogP contribution is -2.57. The molecule has 26 heavy (non-hydrogen) atoms. The molecule has 0 aromatic carbocycles. The number of rotatable bonds is 6. The number of nitrogens with one attached hydrogen (secondary N) is 2. The molecule has 1 aromatic heterocycles. The van der Waals surface area contributed by atoms with Gasteiger partial charge in [-0.2, -0.15) is 13.2 Å². The molecule has 8 nitrogen and oxygen atoms in total. The normalized spacial score (nSPS) is 17.9. The average Bonchev–Trinajstić information content (AvgIpc) is 2.96. The Morgan fingerprint density at radius 3 is 2.54 bits per heavy atom. The summed E-state index contributed by atoms with van der Waals surface area (Å²) < 4.78 is 72.5. The van der Waals surface area contributed by atoms with Crippen LogP contribution in [0.2, 0.25) is 0 Å². The highest BCUT2D eigenvalue weighted by molar-refractivity contribution is 7.89. The van der Waals surface area contributed by atoms with E-state index in [0.29, 0.717) is 13.1 Å². The van der Waals surface area contributed by atoms with E-state index < -0.39 is 34.8 Å². The maximum atomic E-state index is 13.3. The fourth-order valence-electron chi connectivity index (χ4n) is 2.71. The van der Waals surface area contributed by atoms with E-state index in [1.54, 1.807) is 0 Å². The highest BCUT2D eigenvalue weighted by Crippen LogP contribution is 2.25. The van der Waals surface area contributed by atoms with Crippen molar-refractivity contribution in [2.45, 2.75) is 17.1 Å². The number of aryl methyl sites for hydroxylation is 1. The van der Waals surface area contributed by atoms with Crippen LogP contribution < -0.4 is 10.0 Å². The first-order valence-corrected chi connectivity index (χ1v) is 9.30. The van der Waals surface area contributed by atoms with Crippen LogP contribution >= 0.6 is 0 Å². The third-order valence-electron chi connectivity index (χ3n) is 4.12. The Kier molecular flexibility index (Phi) is 6.32. The van der Waals surface area contributed by atoms with Gasteiger partial charge in [0, 0.05) is 46.0 Å². The van der Waals surface area contributed by atoms with E-state index in [2.05, 4.69) is 10.1 Å². The third-order valence-corrected chi connectivity index (χ3v) is 5.51. The molecule has 0 amide bonds. The molecule has 148 valence electrons. The highest BCUT2D eigenvalue weighted by Gasteiger charge is 2.44. The lowest BCUT2D eigenvalue weighted by Gasteiger charge is -2.35. The summed E-state index contributed by atoms with van der Waals surface area (Å²) in [5.41, 5.74) is -0.0256. The monoisotopic (exact) mass is 398 g/mol. The molecule has 0 saturated carbocycles. The van der Waals surface area contributed by atoms with Crippen molar-refractivity contribution in [3.63, 3.8) is 0 Å². The number of sulfonamides is 1. The SMILES string of the molecule is COC(=O)c1cc(S(=O)(=O)NCC(N2CCNCC2)C(F)(F)F)cn1C. The van der Waals surface area contributed by atoms with Crippen molar-refractivity contribution in [2.24, 2.45) is 7.05 Å². The van der Waals surface area contributed by atoms with E-state index in [4.69, 9.17) is 0 Å². The maximum Gasteiger partial charge on any atom is 0.405 e. The summed E-state index contributed by atoms with van der Waals surface area (Å²) in [7, 11) is -1.64. The van der Waals surface area contributed by atoms with Crippen LogP contribution in [0.15, 0.2) is 17.2 Å². The second kappa shape index (κ2) is 7.94. The zero-order valence-corrected chi connectivity index (χ0v) is 15.2. The summed E-state index contributed by atoms with van der Waals surface area (Å²) in [4.78, 5) is 12.5. The summed E-state index contributed by atoms with van der Waals surface area (Å²) in [5.74, 6) is -0.747. The molecule has 1 aliphatic heterocycles. The van der Waals surface area contributed by atoms with Crippen molar-refractivity contribution in [1.29, 1.82) is 0 Å². The number of ether oxygens (including phenoxy) is 1. The van der Waals surface area contributed by atoms with Crippen molar-refractivity contribution in [2.75, 3.05) is 39.8 Å². The molecule has 1 saturated heterocycles. The molecule has 1 unspecified atom stereocenters. The molecule has 0 spiro atoms. The number of carbonyl (C=O) groups is 1. The zero-order valence-electron chi connectivity index (χ0n) is 14.3. The van der Waals surface area contributed by atoms with Crippen molar-refractivity contribution in [1.82, 2.24) is 19.5 Å². The molecule has 1 fully saturated rings. The number of halogens is 3. The van der Waals surface area contributed by atoms with Gasteiger partial charge in [-0.25, -0.2) is 17.9 Å². The number of carbonyl (C=O) groups excluding carboxylic acids is 1. The van der Waals surface area contributed by atoms with Crippen LogP contribution in [0.25, 0.3) is 0 Å². The van der Waals surface area contributed by atoms with Gasteiger partial charge in [-0.3, -0.25) is 4.90 Å². The van der Waals surface area contributed by atoms with Crippen LogP contribution in [0.4, 0.5) is 13.2 Å². The molecule has 2 heterocycles. The van der Waals surface area contributed by atoms with E-state index in [1.165, 1.54) is 16.5 Å². The Bertz CT molecular complexity index is 742. The van der Waals surface area contributed by atoms with Gasteiger partial charge in [0.15, 0.2) is 0 Å². The largest absolute Gasteiger partial charge is 0.464 e. The van der Waals surface area contributed by atoms with Crippen molar-refractivity contribution in [3.05, 3.63) is 18.0 Å². The summed E-state index contributed by atoms with van der Waals surface area (Å²) >= 11 is 0. The maximum absolute atomic E-state index is 13.3. The molecule has 0 bridgehead atoms. The van der Waals surface area contributed by atoms with Gasteiger partial charge in [0.2, 0.25) is 10.0 Å². The number of esters is 1. The number of piperazine rings is 1. The Hall–Kier alpha value is -1.63. The molecule has 12 heteroatoms. The Labute approximate surface area is 149 Å².